The van der Waals surface area contributed by atoms with Crippen LogP contribution in [0.15, 0.2) is 18.2 Å². The van der Waals surface area contributed by atoms with E-state index in [4.69, 9.17) is 20.9 Å². The maximum Gasteiger partial charge on any atom is 0.347 e. The van der Waals surface area contributed by atoms with Crippen molar-refractivity contribution in [2.45, 2.75) is 12.5 Å². The molecule has 6 heteroatoms. The first-order chi connectivity index (χ1) is 8.08. The Labute approximate surface area is 97.5 Å². The van der Waals surface area contributed by atoms with Gasteiger partial charge in [0, 0.05) is 12.1 Å². The SMILES string of the molecule is NC(=O)c1cc(N)ccc1OC1CCOC1=O. The number of ether oxygens (including phenoxy) is 2. The van der Waals surface area contributed by atoms with Crippen molar-refractivity contribution < 1.29 is 19.1 Å². The first-order valence-corrected chi connectivity index (χ1v) is 5.10. The second kappa shape index (κ2) is 4.32. The van der Waals surface area contributed by atoms with E-state index in [1.165, 1.54) is 12.1 Å². The minimum atomic E-state index is -0.684. The molecule has 2 rings (SSSR count). The molecule has 1 unspecified atom stereocenters. The molecule has 0 bridgehead atoms. The number of rotatable bonds is 3. The highest BCUT2D eigenvalue weighted by atomic mass is 16.6. The lowest BCUT2D eigenvalue weighted by Crippen LogP contribution is -2.23. The van der Waals surface area contributed by atoms with Crippen LogP contribution in [0, 0.1) is 0 Å². The summed E-state index contributed by atoms with van der Waals surface area (Å²) in [4.78, 5) is 22.4. The molecule has 0 radical (unpaired) electrons. The Morgan fingerprint density at radius 2 is 2.24 bits per heavy atom. The minimum Gasteiger partial charge on any atom is -0.478 e. The fourth-order valence-electron chi connectivity index (χ4n) is 1.58. The zero-order valence-electron chi connectivity index (χ0n) is 9.01. The largest absolute Gasteiger partial charge is 0.478 e. The second-order valence-electron chi connectivity index (χ2n) is 3.68. The normalized spacial score (nSPS) is 18.8. The van der Waals surface area contributed by atoms with E-state index < -0.39 is 18.0 Å². The summed E-state index contributed by atoms with van der Waals surface area (Å²) in [6, 6.07) is 4.50. The molecule has 0 saturated carbocycles. The minimum absolute atomic E-state index is 0.157. The molecule has 1 aromatic rings. The molecule has 0 aromatic heterocycles. The van der Waals surface area contributed by atoms with Gasteiger partial charge in [-0.15, -0.1) is 0 Å². The highest BCUT2D eigenvalue weighted by Gasteiger charge is 2.29. The van der Waals surface area contributed by atoms with Gasteiger partial charge in [-0.2, -0.15) is 0 Å². The van der Waals surface area contributed by atoms with Crippen LogP contribution in [-0.2, 0) is 9.53 Å². The molecule has 1 aliphatic heterocycles. The molecule has 1 fully saturated rings. The van der Waals surface area contributed by atoms with Gasteiger partial charge in [0.05, 0.1) is 12.2 Å². The summed E-state index contributed by atoms with van der Waals surface area (Å²) in [6.45, 7) is 0.324. The summed E-state index contributed by atoms with van der Waals surface area (Å²) in [5, 5.41) is 0. The summed E-state index contributed by atoms with van der Waals surface area (Å²) in [5.74, 6) is -0.841. The summed E-state index contributed by atoms with van der Waals surface area (Å²) in [6.07, 6.45) is -0.224. The number of hydrogen-bond donors (Lipinski definition) is 2. The maximum absolute atomic E-state index is 11.2. The highest BCUT2D eigenvalue weighted by Crippen LogP contribution is 2.24. The molecule has 0 aliphatic carbocycles. The van der Waals surface area contributed by atoms with Gasteiger partial charge in [-0.1, -0.05) is 0 Å². The molecule has 4 N–H and O–H groups in total. The van der Waals surface area contributed by atoms with Crippen molar-refractivity contribution in [3.63, 3.8) is 0 Å². The Hall–Kier alpha value is -2.24. The molecule has 1 aromatic carbocycles. The molecule has 1 aliphatic rings. The molecule has 90 valence electrons. The Morgan fingerprint density at radius 1 is 1.47 bits per heavy atom. The fraction of sp³-hybridized carbons (Fsp3) is 0.273. The topological polar surface area (TPSA) is 105 Å². The van der Waals surface area contributed by atoms with Crippen molar-refractivity contribution in [2.75, 3.05) is 12.3 Å². The van der Waals surface area contributed by atoms with Gasteiger partial charge >= 0.3 is 5.97 Å². The maximum atomic E-state index is 11.2. The van der Waals surface area contributed by atoms with Crippen molar-refractivity contribution in [3.05, 3.63) is 23.8 Å². The van der Waals surface area contributed by atoms with Crippen LogP contribution in [0.3, 0.4) is 0 Å². The van der Waals surface area contributed by atoms with E-state index in [1.54, 1.807) is 6.07 Å². The Kier molecular flexibility index (Phi) is 2.86. The van der Waals surface area contributed by atoms with Gasteiger partial charge in [-0.25, -0.2) is 4.79 Å². The zero-order chi connectivity index (χ0) is 12.4. The third-order valence-corrected chi connectivity index (χ3v) is 2.43. The number of nitrogen functional groups attached to an aromatic ring is 1. The Morgan fingerprint density at radius 3 is 2.82 bits per heavy atom. The number of amides is 1. The molecular formula is C11H12N2O4. The monoisotopic (exact) mass is 236 g/mol. The summed E-state index contributed by atoms with van der Waals surface area (Å²) < 4.78 is 10.2. The average molecular weight is 236 g/mol. The summed E-state index contributed by atoms with van der Waals surface area (Å²) in [5.41, 5.74) is 11.3. The Balaban J connectivity index is 2.25. The van der Waals surface area contributed by atoms with Crippen molar-refractivity contribution >= 4 is 17.6 Å². The van der Waals surface area contributed by atoms with Crippen molar-refractivity contribution in [3.8, 4) is 5.75 Å². The zero-order valence-corrected chi connectivity index (χ0v) is 9.01. The molecule has 1 atom stereocenters. The van der Waals surface area contributed by atoms with Crippen LogP contribution in [0.2, 0.25) is 0 Å². The molecule has 0 spiro atoms. The first kappa shape index (κ1) is 11.3. The third kappa shape index (κ3) is 2.30. The van der Waals surface area contributed by atoms with Gasteiger partial charge in [-0.3, -0.25) is 4.79 Å². The van der Waals surface area contributed by atoms with Crippen molar-refractivity contribution in [2.24, 2.45) is 5.73 Å². The number of primary amides is 1. The van der Waals surface area contributed by atoms with E-state index in [9.17, 15) is 9.59 Å². The smallest absolute Gasteiger partial charge is 0.347 e. The second-order valence-corrected chi connectivity index (χ2v) is 3.68. The lowest BCUT2D eigenvalue weighted by molar-refractivity contribution is -0.143. The van der Waals surface area contributed by atoms with Gasteiger partial charge in [-0.05, 0) is 18.2 Å². The van der Waals surface area contributed by atoms with E-state index in [-0.39, 0.29) is 11.3 Å². The number of benzene rings is 1. The number of cyclic esters (lactones) is 1. The number of carbonyl (C=O) groups excluding carboxylic acids is 2. The van der Waals surface area contributed by atoms with Crippen LogP contribution in [0.1, 0.15) is 16.8 Å². The van der Waals surface area contributed by atoms with Crippen LogP contribution in [-0.4, -0.2) is 24.6 Å². The fourth-order valence-corrected chi connectivity index (χ4v) is 1.58. The number of nitrogens with two attached hydrogens (primary N) is 2. The van der Waals surface area contributed by atoms with Gasteiger partial charge < -0.3 is 20.9 Å². The van der Waals surface area contributed by atoms with Crippen LogP contribution in [0.4, 0.5) is 5.69 Å². The lowest BCUT2D eigenvalue weighted by atomic mass is 10.1. The highest BCUT2D eigenvalue weighted by molar-refractivity contribution is 5.96. The van der Waals surface area contributed by atoms with Crippen molar-refractivity contribution in [1.29, 1.82) is 0 Å². The number of carbonyl (C=O) groups is 2. The number of esters is 1. The van der Waals surface area contributed by atoms with Gasteiger partial charge in [0.1, 0.15) is 5.75 Å². The van der Waals surface area contributed by atoms with Crippen molar-refractivity contribution in [1.82, 2.24) is 0 Å². The molecule has 1 amide bonds. The number of hydrogen-bond acceptors (Lipinski definition) is 5. The molecular weight excluding hydrogens is 224 g/mol. The van der Waals surface area contributed by atoms with E-state index in [0.29, 0.717) is 18.7 Å². The first-order valence-electron chi connectivity index (χ1n) is 5.10. The predicted molar refractivity (Wildman–Crippen MR) is 59.4 cm³/mol. The van der Waals surface area contributed by atoms with Gasteiger partial charge in [0.25, 0.3) is 5.91 Å². The lowest BCUT2D eigenvalue weighted by Gasteiger charge is -2.13. The molecule has 17 heavy (non-hydrogen) atoms. The van der Waals surface area contributed by atoms with E-state index in [1.807, 2.05) is 0 Å². The van der Waals surface area contributed by atoms with Gasteiger partial charge in [0.15, 0.2) is 6.10 Å². The molecule has 1 saturated heterocycles. The van der Waals surface area contributed by atoms with Crippen LogP contribution in [0.5, 0.6) is 5.75 Å². The predicted octanol–water partition coefficient (Wildman–Crippen LogP) is 0.0620. The summed E-state index contributed by atoms with van der Waals surface area (Å²) >= 11 is 0. The molecule has 6 nitrogen and oxygen atoms in total. The molecule has 1 heterocycles. The Bertz CT molecular complexity index is 473. The third-order valence-electron chi connectivity index (χ3n) is 2.43. The van der Waals surface area contributed by atoms with E-state index in [2.05, 4.69) is 0 Å². The van der Waals surface area contributed by atoms with Crippen LogP contribution >= 0.6 is 0 Å². The number of anilines is 1. The average Bonchev–Trinajstić information content (AvgIpc) is 2.67. The quantitative estimate of drug-likeness (QED) is 0.570. The summed E-state index contributed by atoms with van der Waals surface area (Å²) in [7, 11) is 0. The van der Waals surface area contributed by atoms with E-state index in [0.717, 1.165) is 0 Å². The van der Waals surface area contributed by atoms with E-state index >= 15 is 0 Å². The standard InChI is InChI=1S/C11H12N2O4/c12-6-1-2-8(7(5-6)10(13)14)17-9-3-4-16-11(9)15/h1-2,5,9H,3-4,12H2,(H2,13,14). The van der Waals surface area contributed by atoms with Gasteiger partial charge in [0.2, 0.25) is 0 Å². The van der Waals surface area contributed by atoms with Crippen LogP contribution in [0.25, 0.3) is 0 Å². The van der Waals surface area contributed by atoms with Crippen LogP contribution < -0.4 is 16.2 Å².